The summed E-state index contributed by atoms with van der Waals surface area (Å²) in [6.07, 6.45) is 1.81. The Morgan fingerprint density at radius 3 is 2.46 bits per heavy atom. The van der Waals surface area contributed by atoms with Crippen LogP contribution in [0, 0.1) is 0 Å². The molecule has 0 fully saturated rings. The number of amides is 2. The molecule has 5 heteroatoms. The second-order valence-corrected chi connectivity index (χ2v) is 5.97. The van der Waals surface area contributed by atoms with E-state index in [1.807, 2.05) is 52.0 Å². The molecule has 0 aliphatic heterocycles. The molecule has 0 aliphatic carbocycles. The highest BCUT2D eigenvalue weighted by Crippen LogP contribution is 2.18. The van der Waals surface area contributed by atoms with Crippen LogP contribution in [-0.4, -0.2) is 35.9 Å². The van der Waals surface area contributed by atoms with Crippen molar-refractivity contribution in [2.24, 2.45) is 0 Å². The van der Waals surface area contributed by atoms with Crippen LogP contribution in [0.5, 0.6) is 5.75 Å². The summed E-state index contributed by atoms with van der Waals surface area (Å²) in [5, 5.41) is 2.99. The molecule has 0 saturated carbocycles. The van der Waals surface area contributed by atoms with Crippen molar-refractivity contribution < 1.29 is 14.3 Å². The van der Waals surface area contributed by atoms with Crippen LogP contribution in [0.3, 0.4) is 0 Å². The predicted molar refractivity (Wildman–Crippen MR) is 95.8 cm³/mol. The van der Waals surface area contributed by atoms with E-state index in [-0.39, 0.29) is 17.9 Å². The lowest BCUT2D eigenvalue weighted by Crippen LogP contribution is -2.50. The highest BCUT2D eigenvalue weighted by molar-refractivity contribution is 5.87. The Kier molecular flexibility index (Phi) is 8.30. The van der Waals surface area contributed by atoms with Gasteiger partial charge in [0, 0.05) is 19.0 Å². The molecule has 134 valence electrons. The molecular weight excluding hydrogens is 304 g/mol. The number of hydrogen-bond donors (Lipinski definition) is 1. The summed E-state index contributed by atoms with van der Waals surface area (Å²) in [6, 6.07) is 7.23. The lowest BCUT2D eigenvalue weighted by Gasteiger charge is -2.31. The van der Waals surface area contributed by atoms with Crippen molar-refractivity contribution in [3.63, 3.8) is 0 Å². The van der Waals surface area contributed by atoms with Gasteiger partial charge < -0.3 is 15.0 Å². The number of nitrogens with zero attached hydrogens (tertiary/aromatic N) is 1. The number of benzene rings is 1. The molecule has 0 radical (unpaired) electrons. The van der Waals surface area contributed by atoms with E-state index >= 15 is 0 Å². The zero-order valence-electron chi connectivity index (χ0n) is 15.5. The second-order valence-electron chi connectivity index (χ2n) is 5.97. The normalized spacial score (nSPS) is 13.0. The van der Waals surface area contributed by atoms with Gasteiger partial charge in [-0.2, -0.15) is 0 Å². The van der Waals surface area contributed by atoms with E-state index in [1.54, 1.807) is 12.0 Å². The molecule has 0 unspecified atom stereocenters. The minimum Gasteiger partial charge on any atom is -0.497 e. The summed E-state index contributed by atoms with van der Waals surface area (Å²) < 4.78 is 5.24. The summed E-state index contributed by atoms with van der Waals surface area (Å²) in [4.78, 5) is 26.7. The van der Waals surface area contributed by atoms with Gasteiger partial charge in [-0.3, -0.25) is 9.59 Å². The average Bonchev–Trinajstić information content (AvgIpc) is 2.60. The third kappa shape index (κ3) is 5.55. The van der Waals surface area contributed by atoms with Gasteiger partial charge in [0.05, 0.1) is 7.11 Å². The SMILES string of the molecule is CCC(=O)N(Cc1cccc(OC)c1)[C@H](CC)C(=O)N[C@@H](C)CC. The Bertz CT molecular complexity index is 545. The maximum absolute atomic E-state index is 12.6. The number of hydrogen-bond acceptors (Lipinski definition) is 3. The second kappa shape index (κ2) is 9.96. The molecule has 2 atom stereocenters. The number of methoxy groups -OCH3 is 1. The van der Waals surface area contributed by atoms with Crippen molar-refractivity contribution in [2.75, 3.05) is 7.11 Å². The first-order valence-electron chi connectivity index (χ1n) is 8.69. The Hall–Kier alpha value is -2.04. The van der Waals surface area contributed by atoms with Crippen LogP contribution in [0.15, 0.2) is 24.3 Å². The molecule has 0 aromatic heterocycles. The number of nitrogens with one attached hydrogen (secondary N) is 1. The maximum Gasteiger partial charge on any atom is 0.243 e. The van der Waals surface area contributed by atoms with Gasteiger partial charge in [-0.1, -0.05) is 32.9 Å². The average molecular weight is 334 g/mol. The number of carbonyl (C=O) groups is 2. The lowest BCUT2D eigenvalue weighted by molar-refractivity contribution is -0.141. The van der Waals surface area contributed by atoms with E-state index in [0.29, 0.717) is 19.4 Å². The molecular formula is C19H30N2O3. The van der Waals surface area contributed by atoms with Gasteiger partial charge in [-0.25, -0.2) is 0 Å². The fraction of sp³-hybridized carbons (Fsp3) is 0.579. The third-order valence-corrected chi connectivity index (χ3v) is 4.18. The topological polar surface area (TPSA) is 58.6 Å². The van der Waals surface area contributed by atoms with E-state index < -0.39 is 6.04 Å². The van der Waals surface area contributed by atoms with Crippen LogP contribution < -0.4 is 10.1 Å². The van der Waals surface area contributed by atoms with E-state index in [2.05, 4.69) is 5.32 Å². The summed E-state index contributed by atoms with van der Waals surface area (Å²) in [5.74, 6) is 0.633. The predicted octanol–water partition coefficient (Wildman–Crippen LogP) is 3.13. The quantitative estimate of drug-likeness (QED) is 0.755. The van der Waals surface area contributed by atoms with Gasteiger partial charge >= 0.3 is 0 Å². The summed E-state index contributed by atoms with van der Waals surface area (Å²) in [5.41, 5.74) is 0.950. The van der Waals surface area contributed by atoms with Gasteiger partial charge in [0.15, 0.2) is 0 Å². The van der Waals surface area contributed by atoms with Crippen LogP contribution in [0.1, 0.15) is 52.5 Å². The van der Waals surface area contributed by atoms with Gasteiger partial charge in [-0.05, 0) is 37.5 Å². The van der Waals surface area contributed by atoms with Crippen molar-refractivity contribution in [1.29, 1.82) is 0 Å². The number of rotatable bonds is 9. The first-order valence-corrected chi connectivity index (χ1v) is 8.69. The Balaban J connectivity index is 3.00. The number of carbonyl (C=O) groups excluding carboxylic acids is 2. The molecule has 0 spiro atoms. The monoisotopic (exact) mass is 334 g/mol. The van der Waals surface area contributed by atoms with E-state index in [0.717, 1.165) is 17.7 Å². The molecule has 0 saturated heterocycles. The smallest absolute Gasteiger partial charge is 0.243 e. The highest BCUT2D eigenvalue weighted by Gasteiger charge is 2.28. The molecule has 5 nitrogen and oxygen atoms in total. The molecule has 1 rings (SSSR count). The van der Waals surface area contributed by atoms with Gasteiger partial charge in [0.25, 0.3) is 0 Å². The van der Waals surface area contributed by atoms with Crippen molar-refractivity contribution in [2.45, 2.75) is 65.6 Å². The maximum atomic E-state index is 12.6. The van der Waals surface area contributed by atoms with Crippen molar-refractivity contribution >= 4 is 11.8 Å². The first-order chi connectivity index (χ1) is 11.5. The molecule has 2 amide bonds. The fourth-order valence-electron chi connectivity index (χ4n) is 2.53. The molecule has 1 aromatic rings. The van der Waals surface area contributed by atoms with Crippen LogP contribution in [0.4, 0.5) is 0 Å². The minimum absolute atomic E-state index is 0.0241. The summed E-state index contributed by atoms with van der Waals surface area (Å²) in [6.45, 7) is 8.15. The van der Waals surface area contributed by atoms with E-state index in [9.17, 15) is 9.59 Å². The lowest BCUT2D eigenvalue weighted by atomic mass is 10.1. The first kappa shape index (κ1) is 20.0. The molecule has 1 N–H and O–H groups in total. The van der Waals surface area contributed by atoms with Gasteiger partial charge in [0.1, 0.15) is 11.8 Å². The Morgan fingerprint density at radius 1 is 1.21 bits per heavy atom. The molecule has 0 bridgehead atoms. The zero-order chi connectivity index (χ0) is 18.1. The zero-order valence-corrected chi connectivity index (χ0v) is 15.5. The molecule has 1 aromatic carbocycles. The standard InChI is InChI=1S/C19H30N2O3/c1-6-14(4)20-19(23)17(7-2)21(18(22)8-3)13-15-10-9-11-16(12-15)24-5/h9-12,14,17H,6-8,13H2,1-5H3,(H,20,23)/t14-,17+/m0/s1. The van der Waals surface area contributed by atoms with Crippen LogP contribution >= 0.6 is 0 Å². The molecule has 0 heterocycles. The van der Waals surface area contributed by atoms with Crippen molar-refractivity contribution in [3.8, 4) is 5.75 Å². The number of ether oxygens (including phenoxy) is 1. The summed E-state index contributed by atoms with van der Waals surface area (Å²) in [7, 11) is 1.61. The van der Waals surface area contributed by atoms with Crippen LogP contribution in [-0.2, 0) is 16.1 Å². The Labute approximate surface area is 145 Å². The van der Waals surface area contributed by atoms with Crippen LogP contribution in [0.25, 0.3) is 0 Å². The van der Waals surface area contributed by atoms with Gasteiger partial charge in [-0.15, -0.1) is 0 Å². The Morgan fingerprint density at radius 2 is 1.92 bits per heavy atom. The minimum atomic E-state index is -0.461. The largest absolute Gasteiger partial charge is 0.497 e. The van der Waals surface area contributed by atoms with E-state index in [4.69, 9.17) is 4.74 Å². The van der Waals surface area contributed by atoms with Crippen LogP contribution in [0.2, 0.25) is 0 Å². The fourth-order valence-corrected chi connectivity index (χ4v) is 2.53. The summed E-state index contributed by atoms with van der Waals surface area (Å²) >= 11 is 0. The highest BCUT2D eigenvalue weighted by atomic mass is 16.5. The van der Waals surface area contributed by atoms with E-state index in [1.165, 1.54) is 0 Å². The molecule has 24 heavy (non-hydrogen) atoms. The van der Waals surface area contributed by atoms with Gasteiger partial charge in [0.2, 0.25) is 11.8 Å². The van der Waals surface area contributed by atoms with Crippen molar-refractivity contribution in [1.82, 2.24) is 10.2 Å². The van der Waals surface area contributed by atoms with Crippen molar-refractivity contribution in [3.05, 3.63) is 29.8 Å². The molecule has 0 aliphatic rings. The third-order valence-electron chi connectivity index (χ3n) is 4.18.